The molecule has 1 heterocycles. The summed E-state index contributed by atoms with van der Waals surface area (Å²) in [5.74, 6) is 1.16. The zero-order valence-corrected chi connectivity index (χ0v) is 27.8. The number of nitrogens with one attached hydrogen (secondary N) is 3. The number of hydrogen-bond acceptors (Lipinski definition) is 9. The molecule has 0 aromatic heterocycles. The number of aryl methyl sites for hydroxylation is 1. The Labute approximate surface area is 274 Å². The molecule has 1 saturated heterocycles. The number of amides is 2. The van der Waals surface area contributed by atoms with Crippen LogP contribution < -0.4 is 39.9 Å². The molecular weight excluding hydrogens is 624 g/mol. The fraction of sp³-hybridized carbons (Fsp3) is 0.382. The predicted molar refractivity (Wildman–Crippen MR) is 181 cm³/mol. The Kier molecular flexibility index (Phi) is 10.2. The minimum Gasteiger partial charge on any atom is -0.493 e. The van der Waals surface area contributed by atoms with Crippen molar-refractivity contribution in [2.45, 2.75) is 45.1 Å². The van der Waals surface area contributed by atoms with Crippen LogP contribution in [0.1, 0.15) is 49.8 Å². The normalized spacial score (nSPS) is 16.3. The Morgan fingerprint density at radius 2 is 1.72 bits per heavy atom. The second-order valence-corrected chi connectivity index (χ2v) is 13.5. The molecule has 1 aliphatic heterocycles. The molecular formula is C34H40N4O8S. The van der Waals surface area contributed by atoms with E-state index in [-0.39, 0.29) is 29.4 Å². The fourth-order valence-corrected chi connectivity index (χ4v) is 7.75. The molecule has 3 aromatic carbocycles. The molecule has 3 N–H and O–H groups in total. The Morgan fingerprint density at radius 3 is 2.36 bits per heavy atom. The molecule has 0 radical (unpaired) electrons. The Bertz CT molecular complexity index is 1830. The van der Waals surface area contributed by atoms with Gasteiger partial charge < -0.3 is 30.2 Å². The van der Waals surface area contributed by atoms with Crippen molar-refractivity contribution in [3.05, 3.63) is 69.9 Å². The van der Waals surface area contributed by atoms with Crippen LogP contribution in [-0.2, 0) is 26.0 Å². The molecule has 0 saturated carbocycles. The summed E-state index contributed by atoms with van der Waals surface area (Å²) in [7, 11) is 1.37. The lowest BCUT2D eigenvalue weighted by Gasteiger charge is -2.19. The number of nitrogens with zero attached hydrogens (tertiary/aromatic N) is 1. The standard InChI is InChI=1S/C34H40N4O8S/c1-21(39)36-27-14-8-22-19-30(44-2)33(45-3)34(46-4)32(22)25-13-15-28(29(40)20-26(25)27)35-16-5-7-31(41)37-23-9-11-24(12-10-23)38-17-6-18-47(38,42)43/h9-13,15,19-20,27H,5-8,14,16-18H2,1-4H3,(H,35,40)(H,36,39)(H,37,41)/t27-/m0/s1. The van der Waals surface area contributed by atoms with E-state index in [4.69, 9.17) is 14.2 Å². The highest BCUT2D eigenvalue weighted by molar-refractivity contribution is 7.93. The van der Waals surface area contributed by atoms with Crippen LogP contribution in [0.2, 0.25) is 0 Å². The van der Waals surface area contributed by atoms with E-state index in [1.165, 1.54) is 18.3 Å². The number of sulfonamides is 1. The number of benzene rings is 2. The monoisotopic (exact) mass is 664 g/mol. The average molecular weight is 665 g/mol. The molecule has 47 heavy (non-hydrogen) atoms. The molecule has 12 nitrogen and oxygen atoms in total. The molecule has 0 bridgehead atoms. The van der Waals surface area contributed by atoms with Gasteiger partial charge in [-0.2, -0.15) is 0 Å². The van der Waals surface area contributed by atoms with Crippen molar-refractivity contribution in [1.82, 2.24) is 5.32 Å². The molecule has 13 heteroatoms. The van der Waals surface area contributed by atoms with E-state index in [2.05, 4.69) is 16.0 Å². The van der Waals surface area contributed by atoms with Crippen LogP contribution in [0, 0.1) is 0 Å². The highest BCUT2D eigenvalue weighted by Crippen LogP contribution is 2.50. The summed E-state index contributed by atoms with van der Waals surface area (Å²) in [5, 5.41) is 9.00. The van der Waals surface area contributed by atoms with Gasteiger partial charge in [0.15, 0.2) is 11.5 Å². The topological polar surface area (TPSA) is 152 Å². The van der Waals surface area contributed by atoms with E-state index in [1.807, 2.05) is 12.1 Å². The summed E-state index contributed by atoms with van der Waals surface area (Å²) in [6.07, 6.45) is 2.41. The van der Waals surface area contributed by atoms with Gasteiger partial charge in [-0.3, -0.25) is 18.7 Å². The van der Waals surface area contributed by atoms with Crippen molar-refractivity contribution in [3.8, 4) is 28.4 Å². The maximum Gasteiger partial charge on any atom is 0.235 e. The largest absolute Gasteiger partial charge is 0.493 e. The molecule has 2 amide bonds. The highest BCUT2D eigenvalue weighted by Gasteiger charge is 2.30. The van der Waals surface area contributed by atoms with Crippen LogP contribution in [0.5, 0.6) is 17.2 Å². The predicted octanol–water partition coefficient (Wildman–Crippen LogP) is 4.23. The summed E-state index contributed by atoms with van der Waals surface area (Å²) in [6.45, 7) is 2.27. The first-order valence-corrected chi connectivity index (χ1v) is 17.1. The lowest BCUT2D eigenvalue weighted by molar-refractivity contribution is -0.119. The number of fused-ring (bicyclic) bond motifs is 3. The SMILES string of the molecule is COc1cc2c(c(OC)c1OC)-c1ccc(NCCCC(=O)Nc3ccc(N4CCCS4(=O)=O)cc3)c(=O)cc1[C@@H](NC(C)=O)CC2. The Morgan fingerprint density at radius 1 is 0.979 bits per heavy atom. The third-order valence-corrected chi connectivity index (χ3v) is 10.2. The molecule has 1 fully saturated rings. The van der Waals surface area contributed by atoms with Crippen LogP contribution >= 0.6 is 0 Å². The number of carbonyl (C=O) groups is 2. The van der Waals surface area contributed by atoms with Gasteiger partial charge in [0.05, 0.1) is 44.5 Å². The highest BCUT2D eigenvalue weighted by atomic mass is 32.2. The number of anilines is 3. The van der Waals surface area contributed by atoms with E-state index in [0.29, 0.717) is 78.6 Å². The van der Waals surface area contributed by atoms with Crippen molar-refractivity contribution < 1.29 is 32.2 Å². The van der Waals surface area contributed by atoms with Crippen LogP contribution in [0.25, 0.3) is 11.1 Å². The van der Waals surface area contributed by atoms with Gasteiger partial charge in [0.1, 0.15) is 0 Å². The van der Waals surface area contributed by atoms with Gasteiger partial charge in [-0.15, -0.1) is 0 Å². The van der Waals surface area contributed by atoms with E-state index >= 15 is 0 Å². The molecule has 250 valence electrons. The fourth-order valence-electron chi connectivity index (χ4n) is 6.19. The first-order valence-electron chi connectivity index (χ1n) is 15.5. The van der Waals surface area contributed by atoms with Gasteiger partial charge in [-0.1, -0.05) is 6.07 Å². The van der Waals surface area contributed by atoms with E-state index < -0.39 is 16.1 Å². The Balaban J connectivity index is 1.31. The van der Waals surface area contributed by atoms with Crippen molar-refractivity contribution >= 4 is 38.9 Å². The van der Waals surface area contributed by atoms with Gasteiger partial charge in [-0.25, -0.2) is 8.42 Å². The van der Waals surface area contributed by atoms with Crippen molar-refractivity contribution in [1.29, 1.82) is 0 Å². The number of carbonyl (C=O) groups excluding carboxylic acids is 2. The van der Waals surface area contributed by atoms with Crippen molar-refractivity contribution in [2.75, 3.05) is 55.1 Å². The third-order valence-electron chi connectivity index (χ3n) is 8.35. The van der Waals surface area contributed by atoms with Crippen LogP contribution in [0.4, 0.5) is 17.1 Å². The average Bonchev–Trinajstić information content (AvgIpc) is 3.24. The number of methoxy groups -OCH3 is 3. The second kappa shape index (κ2) is 14.3. The summed E-state index contributed by atoms with van der Waals surface area (Å²) in [6, 6.07) is 13.3. The van der Waals surface area contributed by atoms with Crippen molar-refractivity contribution in [3.63, 3.8) is 0 Å². The van der Waals surface area contributed by atoms with Gasteiger partial charge in [0.2, 0.25) is 33.0 Å². The molecule has 3 aromatic rings. The van der Waals surface area contributed by atoms with Gasteiger partial charge in [-0.05, 0) is 84.8 Å². The molecule has 1 atom stereocenters. The van der Waals surface area contributed by atoms with E-state index in [9.17, 15) is 22.8 Å². The third kappa shape index (κ3) is 7.30. The van der Waals surface area contributed by atoms with E-state index in [1.54, 1.807) is 50.6 Å². The molecule has 5 rings (SSSR count). The second-order valence-electron chi connectivity index (χ2n) is 11.5. The first kappa shape index (κ1) is 33.6. The summed E-state index contributed by atoms with van der Waals surface area (Å²) in [4.78, 5) is 38.3. The van der Waals surface area contributed by atoms with Gasteiger partial charge >= 0.3 is 0 Å². The van der Waals surface area contributed by atoms with Crippen LogP contribution in [0.3, 0.4) is 0 Å². The van der Waals surface area contributed by atoms with Gasteiger partial charge in [0, 0.05) is 37.7 Å². The summed E-state index contributed by atoms with van der Waals surface area (Å²) in [5.41, 5.74) is 4.34. The maximum absolute atomic E-state index is 13.5. The maximum atomic E-state index is 13.5. The zero-order valence-electron chi connectivity index (χ0n) is 27.0. The quantitative estimate of drug-likeness (QED) is 0.256. The minimum atomic E-state index is -3.27. The first-order chi connectivity index (χ1) is 22.6. The number of ether oxygens (including phenoxy) is 3. The van der Waals surface area contributed by atoms with Crippen LogP contribution in [0.15, 0.2) is 53.3 Å². The summed E-state index contributed by atoms with van der Waals surface area (Å²) < 4.78 is 42.8. The van der Waals surface area contributed by atoms with E-state index in [0.717, 1.165) is 16.7 Å². The molecule has 1 aliphatic carbocycles. The lowest BCUT2D eigenvalue weighted by Crippen LogP contribution is -2.26. The minimum absolute atomic E-state index is 0.141. The molecule has 2 aliphatic rings. The zero-order chi connectivity index (χ0) is 33.7. The molecule has 0 unspecified atom stereocenters. The van der Waals surface area contributed by atoms with Crippen LogP contribution in [-0.4, -0.2) is 60.4 Å². The number of hydrogen-bond donors (Lipinski definition) is 3. The molecule has 0 spiro atoms. The summed E-state index contributed by atoms with van der Waals surface area (Å²) >= 11 is 0. The lowest BCUT2D eigenvalue weighted by atomic mass is 9.95. The van der Waals surface area contributed by atoms with Gasteiger partial charge in [0.25, 0.3) is 0 Å². The smallest absolute Gasteiger partial charge is 0.235 e. The Hall–Kier alpha value is -4.78. The van der Waals surface area contributed by atoms with Crippen molar-refractivity contribution in [2.24, 2.45) is 0 Å². The number of rotatable bonds is 11.